The van der Waals surface area contributed by atoms with Crippen LogP contribution < -0.4 is 0 Å². The van der Waals surface area contributed by atoms with Gasteiger partial charge in [0.25, 0.3) is 0 Å². The monoisotopic (exact) mass is 305 g/mol. The second kappa shape index (κ2) is 6.66. The molecule has 0 spiro atoms. The molecule has 0 aromatic heterocycles. The summed E-state index contributed by atoms with van der Waals surface area (Å²) in [5, 5.41) is 35.0. The van der Waals surface area contributed by atoms with Gasteiger partial charge in [0.05, 0.1) is 6.42 Å². The van der Waals surface area contributed by atoms with E-state index in [1.807, 2.05) is 0 Å². The first kappa shape index (κ1) is 17.1. The first-order chi connectivity index (χ1) is 10.3. The molecule has 0 aliphatic heterocycles. The Morgan fingerprint density at radius 2 is 1.73 bits per heavy atom. The zero-order chi connectivity index (χ0) is 16.9. The third-order valence-corrected chi connectivity index (χ3v) is 3.44. The predicted octanol–water partition coefficient (Wildman–Crippen LogP) is 1.48. The van der Waals surface area contributed by atoms with E-state index >= 15 is 0 Å². The Kier molecular flexibility index (Phi) is 5.18. The van der Waals surface area contributed by atoms with Gasteiger partial charge in [-0.3, -0.25) is 14.4 Å². The molecule has 1 rings (SSSR count). The minimum Gasteiger partial charge on any atom is -0.481 e. The van der Waals surface area contributed by atoms with E-state index in [-0.39, 0.29) is 5.56 Å². The summed E-state index contributed by atoms with van der Waals surface area (Å²) in [6, 6.07) is 5.69. The Morgan fingerprint density at radius 1 is 1.18 bits per heavy atom. The molecule has 116 valence electrons. The Hall–Kier alpha value is -2.96. The first-order valence-corrected chi connectivity index (χ1v) is 6.21. The van der Waals surface area contributed by atoms with Gasteiger partial charge in [-0.15, -0.1) is 0 Å². The molecule has 2 unspecified atom stereocenters. The summed E-state index contributed by atoms with van der Waals surface area (Å²) >= 11 is 0. The topological polar surface area (TPSA) is 136 Å². The number of carboxylic acids is 3. The lowest BCUT2D eigenvalue weighted by Crippen LogP contribution is -2.48. The number of hydrogen-bond donors (Lipinski definition) is 4. The standard InChI is InChI=1S/C15H15NO6/c1-2-9-3-5-10(6-4-9)15(14(21)22,7-12(17)18)11(8-16)13(19)20/h2-6,8,11,16H,1,7H2,(H,17,18)(H,19,20)(H,21,22). The molecule has 0 saturated carbocycles. The smallest absolute Gasteiger partial charge is 0.316 e. The Bertz CT molecular complexity index is 621. The number of carbonyl (C=O) groups is 3. The molecule has 0 aliphatic rings. The predicted molar refractivity (Wildman–Crippen MR) is 78.0 cm³/mol. The highest BCUT2D eigenvalue weighted by Gasteiger charge is 2.52. The highest BCUT2D eigenvalue weighted by Crippen LogP contribution is 2.36. The summed E-state index contributed by atoms with van der Waals surface area (Å²) in [4.78, 5) is 34.2. The summed E-state index contributed by atoms with van der Waals surface area (Å²) in [6.07, 6.45) is 0.998. The summed E-state index contributed by atoms with van der Waals surface area (Å²) < 4.78 is 0. The van der Waals surface area contributed by atoms with Crippen LogP contribution in [0.3, 0.4) is 0 Å². The van der Waals surface area contributed by atoms with E-state index in [1.165, 1.54) is 30.3 Å². The molecular weight excluding hydrogens is 290 g/mol. The average molecular weight is 305 g/mol. The van der Waals surface area contributed by atoms with Crippen LogP contribution in [0.15, 0.2) is 30.8 Å². The van der Waals surface area contributed by atoms with Gasteiger partial charge in [0.2, 0.25) is 0 Å². The lowest BCUT2D eigenvalue weighted by Gasteiger charge is -2.32. The van der Waals surface area contributed by atoms with E-state index in [0.29, 0.717) is 11.8 Å². The first-order valence-electron chi connectivity index (χ1n) is 6.21. The largest absolute Gasteiger partial charge is 0.481 e. The number of benzene rings is 1. The van der Waals surface area contributed by atoms with E-state index in [1.54, 1.807) is 0 Å². The van der Waals surface area contributed by atoms with Crippen molar-refractivity contribution in [2.24, 2.45) is 5.92 Å². The van der Waals surface area contributed by atoms with Crippen molar-refractivity contribution in [1.29, 1.82) is 5.41 Å². The molecule has 0 heterocycles. The van der Waals surface area contributed by atoms with Crippen LogP contribution in [0.5, 0.6) is 0 Å². The fourth-order valence-corrected chi connectivity index (χ4v) is 2.30. The molecule has 7 nitrogen and oxygen atoms in total. The van der Waals surface area contributed by atoms with Crippen molar-refractivity contribution in [2.45, 2.75) is 11.8 Å². The Balaban J connectivity index is 3.62. The van der Waals surface area contributed by atoms with Crippen molar-refractivity contribution in [3.05, 3.63) is 42.0 Å². The molecule has 4 N–H and O–H groups in total. The van der Waals surface area contributed by atoms with Crippen molar-refractivity contribution in [3.8, 4) is 0 Å². The number of carboxylic acid groups (broad SMARTS) is 3. The number of hydrogen-bond acceptors (Lipinski definition) is 4. The average Bonchev–Trinajstić information content (AvgIpc) is 2.45. The maximum absolute atomic E-state index is 11.8. The molecule has 0 fully saturated rings. The van der Waals surface area contributed by atoms with Gasteiger partial charge in [-0.1, -0.05) is 36.9 Å². The van der Waals surface area contributed by atoms with Crippen LogP contribution in [0.1, 0.15) is 17.5 Å². The van der Waals surface area contributed by atoms with E-state index in [9.17, 15) is 24.6 Å². The van der Waals surface area contributed by atoms with Gasteiger partial charge in [0.15, 0.2) is 0 Å². The lowest BCUT2D eigenvalue weighted by molar-refractivity contribution is -0.157. The molecule has 1 aromatic carbocycles. The van der Waals surface area contributed by atoms with Crippen LogP contribution in [0.2, 0.25) is 0 Å². The highest BCUT2D eigenvalue weighted by molar-refractivity contribution is 6.00. The summed E-state index contributed by atoms with van der Waals surface area (Å²) in [5.74, 6) is -6.47. The lowest BCUT2D eigenvalue weighted by atomic mass is 9.68. The van der Waals surface area contributed by atoms with Crippen LogP contribution in [-0.4, -0.2) is 39.4 Å². The number of aliphatic carboxylic acids is 3. The molecular formula is C15H15NO6. The van der Waals surface area contributed by atoms with Crippen LogP contribution in [0.25, 0.3) is 6.08 Å². The molecule has 22 heavy (non-hydrogen) atoms. The molecule has 2 atom stereocenters. The van der Waals surface area contributed by atoms with Gasteiger partial charge in [0.1, 0.15) is 11.3 Å². The van der Waals surface area contributed by atoms with Crippen LogP contribution in [0, 0.1) is 11.3 Å². The Morgan fingerprint density at radius 3 is 2.05 bits per heavy atom. The van der Waals surface area contributed by atoms with Gasteiger partial charge < -0.3 is 20.7 Å². The SMILES string of the molecule is C=Cc1ccc(C(CC(=O)O)(C(=O)O)C(C=N)C(=O)O)cc1. The zero-order valence-electron chi connectivity index (χ0n) is 11.5. The minimum atomic E-state index is -2.26. The molecule has 1 aromatic rings. The normalized spacial score (nSPS) is 14.4. The second-order valence-corrected chi connectivity index (χ2v) is 4.66. The molecule has 0 amide bonds. The third kappa shape index (κ3) is 3.03. The molecule has 7 heteroatoms. The van der Waals surface area contributed by atoms with E-state index < -0.39 is 35.7 Å². The van der Waals surface area contributed by atoms with Crippen molar-refractivity contribution in [2.75, 3.05) is 0 Å². The van der Waals surface area contributed by atoms with Gasteiger partial charge in [-0.2, -0.15) is 0 Å². The highest BCUT2D eigenvalue weighted by atomic mass is 16.4. The van der Waals surface area contributed by atoms with Crippen molar-refractivity contribution in [1.82, 2.24) is 0 Å². The van der Waals surface area contributed by atoms with Crippen LogP contribution in [0.4, 0.5) is 0 Å². The minimum absolute atomic E-state index is 0.00361. The van der Waals surface area contributed by atoms with Crippen molar-refractivity contribution >= 4 is 30.2 Å². The molecule has 0 bridgehead atoms. The molecule has 0 aliphatic carbocycles. The second-order valence-electron chi connectivity index (χ2n) is 4.66. The fourth-order valence-electron chi connectivity index (χ4n) is 2.30. The summed E-state index contributed by atoms with van der Waals surface area (Å²) in [7, 11) is 0. The summed E-state index contributed by atoms with van der Waals surface area (Å²) in [5.41, 5.74) is -1.59. The quantitative estimate of drug-likeness (QED) is 0.537. The van der Waals surface area contributed by atoms with Gasteiger partial charge in [-0.05, 0) is 11.1 Å². The van der Waals surface area contributed by atoms with E-state index in [4.69, 9.17) is 10.5 Å². The van der Waals surface area contributed by atoms with Crippen molar-refractivity contribution < 1.29 is 29.7 Å². The van der Waals surface area contributed by atoms with E-state index in [0.717, 1.165) is 0 Å². The molecule has 0 saturated heterocycles. The van der Waals surface area contributed by atoms with Crippen molar-refractivity contribution in [3.63, 3.8) is 0 Å². The van der Waals surface area contributed by atoms with E-state index in [2.05, 4.69) is 6.58 Å². The van der Waals surface area contributed by atoms with Gasteiger partial charge in [0, 0.05) is 6.21 Å². The number of rotatable bonds is 8. The molecule has 0 radical (unpaired) electrons. The van der Waals surface area contributed by atoms with Gasteiger partial charge >= 0.3 is 17.9 Å². The number of nitrogens with one attached hydrogen (secondary N) is 1. The van der Waals surface area contributed by atoms with Crippen LogP contribution >= 0.6 is 0 Å². The van der Waals surface area contributed by atoms with Gasteiger partial charge in [-0.25, -0.2) is 0 Å². The third-order valence-electron chi connectivity index (χ3n) is 3.44. The summed E-state index contributed by atoms with van der Waals surface area (Å²) in [6.45, 7) is 3.55. The Labute approximate surface area is 126 Å². The maximum Gasteiger partial charge on any atom is 0.316 e. The zero-order valence-corrected chi connectivity index (χ0v) is 11.5. The fraction of sp³-hybridized carbons (Fsp3) is 0.200. The maximum atomic E-state index is 11.8. The van der Waals surface area contributed by atoms with Crippen LogP contribution in [-0.2, 0) is 19.8 Å².